The molecular weight excluding hydrogens is 318 g/mol. The standard InChI is InChI=1S/C14H19N5O3S/c1-9-6-10(2)19(17-9)7-13(21)16-15-12(20)4-5-18-11(3)8-23-14(18)22/h6,8H,4-5,7H2,1-3H3,(H,15,20)(H,16,21). The molecule has 0 fully saturated rings. The molecule has 0 atom stereocenters. The molecule has 2 aromatic heterocycles. The van der Waals surface area contributed by atoms with Gasteiger partial charge >= 0.3 is 4.87 Å². The molecule has 0 bridgehead atoms. The number of nitrogens with one attached hydrogen (secondary N) is 2. The summed E-state index contributed by atoms with van der Waals surface area (Å²) in [6, 6.07) is 1.87. The third-order valence-corrected chi connectivity index (χ3v) is 4.16. The van der Waals surface area contributed by atoms with Crippen LogP contribution in [0.2, 0.25) is 0 Å². The Morgan fingerprint density at radius 2 is 1.87 bits per heavy atom. The Balaban J connectivity index is 1.77. The van der Waals surface area contributed by atoms with E-state index in [1.54, 1.807) is 10.1 Å². The van der Waals surface area contributed by atoms with Gasteiger partial charge < -0.3 is 4.57 Å². The molecule has 8 nitrogen and oxygen atoms in total. The number of thiazole rings is 1. The van der Waals surface area contributed by atoms with Crippen LogP contribution in [0.5, 0.6) is 0 Å². The van der Waals surface area contributed by atoms with Crippen LogP contribution < -0.4 is 15.7 Å². The number of carbonyl (C=O) groups excluding carboxylic acids is 2. The van der Waals surface area contributed by atoms with Gasteiger partial charge in [-0.1, -0.05) is 11.3 Å². The van der Waals surface area contributed by atoms with Crippen molar-refractivity contribution in [3.8, 4) is 0 Å². The third-order valence-electron chi connectivity index (χ3n) is 3.28. The molecule has 0 radical (unpaired) electrons. The maximum Gasteiger partial charge on any atom is 0.307 e. The summed E-state index contributed by atoms with van der Waals surface area (Å²) >= 11 is 1.10. The second kappa shape index (κ2) is 7.23. The van der Waals surface area contributed by atoms with Crippen LogP contribution in [0, 0.1) is 20.8 Å². The summed E-state index contributed by atoms with van der Waals surface area (Å²) in [5, 5.41) is 5.92. The molecule has 2 N–H and O–H groups in total. The van der Waals surface area contributed by atoms with Gasteiger partial charge in [-0.15, -0.1) is 0 Å². The Kier molecular flexibility index (Phi) is 5.32. The molecule has 0 saturated heterocycles. The minimum absolute atomic E-state index is 0.0308. The van der Waals surface area contributed by atoms with Gasteiger partial charge in [-0.2, -0.15) is 5.10 Å². The van der Waals surface area contributed by atoms with E-state index in [1.807, 2.05) is 26.8 Å². The van der Waals surface area contributed by atoms with Crippen molar-refractivity contribution in [3.05, 3.63) is 38.2 Å². The number of hydrogen-bond donors (Lipinski definition) is 2. The molecule has 0 aliphatic heterocycles. The molecule has 2 aromatic rings. The highest BCUT2D eigenvalue weighted by molar-refractivity contribution is 7.07. The van der Waals surface area contributed by atoms with Gasteiger partial charge in [0.15, 0.2) is 0 Å². The van der Waals surface area contributed by atoms with Gasteiger partial charge in [0.25, 0.3) is 5.91 Å². The number of aromatic nitrogens is 3. The number of carbonyl (C=O) groups is 2. The van der Waals surface area contributed by atoms with Gasteiger partial charge in [0.05, 0.1) is 5.69 Å². The average molecular weight is 337 g/mol. The van der Waals surface area contributed by atoms with E-state index in [0.29, 0.717) is 0 Å². The maximum atomic E-state index is 11.8. The summed E-state index contributed by atoms with van der Waals surface area (Å²) < 4.78 is 3.09. The summed E-state index contributed by atoms with van der Waals surface area (Å²) in [5.41, 5.74) is 7.20. The van der Waals surface area contributed by atoms with Gasteiger partial charge in [0.1, 0.15) is 6.54 Å². The Morgan fingerprint density at radius 3 is 2.43 bits per heavy atom. The molecule has 0 spiro atoms. The summed E-state index contributed by atoms with van der Waals surface area (Å²) in [5.74, 6) is -0.724. The summed E-state index contributed by atoms with van der Waals surface area (Å²) in [7, 11) is 0. The molecule has 23 heavy (non-hydrogen) atoms. The van der Waals surface area contributed by atoms with Crippen molar-refractivity contribution in [3.63, 3.8) is 0 Å². The normalized spacial score (nSPS) is 10.6. The van der Waals surface area contributed by atoms with Crippen LogP contribution in [0.4, 0.5) is 0 Å². The van der Waals surface area contributed by atoms with Crippen molar-refractivity contribution in [2.24, 2.45) is 0 Å². The van der Waals surface area contributed by atoms with Crippen LogP contribution in [-0.2, 0) is 22.7 Å². The van der Waals surface area contributed by atoms with E-state index >= 15 is 0 Å². The van der Waals surface area contributed by atoms with Gasteiger partial charge in [0.2, 0.25) is 5.91 Å². The average Bonchev–Trinajstić information content (AvgIpc) is 2.97. The Hall–Kier alpha value is -2.42. The Morgan fingerprint density at radius 1 is 1.17 bits per heavy atom. The van der Waals surface area contributed by atoms with E-state index < -0.39 is 0 Å². The number of hydrazine groups is 1. The highest BCUT2D eigenvalue weighted by Gasteiger charge is 2.09. The van der Waals surface area contributed by atoms with Crippen LogP contribution in [-0.4, -0.2) is 26.2 Å². The van der Waals surface area contributed by atoms with Crippen LogP contribution in [0.1, 0.15) is 23.5 Å². The molecule has 0 aliphatic rings. The second-order valence-corrected chi connectivity index (χ2v) is 6.05. The fourth-order valence-electron chi connectivity index (χ4n) is 2.10. The van der Waals surface area contributed by atoms with E-state index in [2.05, 4.69) is 16.0 Å². The summed E-state index contributed by atoms with van der Waals surface area (Å²) in [6.45, 7) is 5.83. The molecule has 0 unspecified atom stereocenters. The third kappa shape index (κ3) is 4.52. The zero-order chi connectivity index (χ0) is 17.0. The van der Waals surface area contributed by atoms with Gasteiger partial charge in [-0.3, -0.25) is 29.9 Å². The lowest BCUT2D eigenvalue weighted by molar-refractivity contribution is -0.129. The highest BCUT2D eigenvalue weighted by Crippen LogP contribution is 2.01. The molecule has 0 saturated carbocycles. The second-order valence-electron chi connectivity index (χ2n) is 5.23. The molecule has 2 heterocycles. The number of hydrogen-bond acceptors (Lipinski definition) is 5. The van der Waals surface area contributed by atoms with Crippen molar-refractivity contribution in [1.82, 2.24) is 25.2 Å². The molecule has 2 amide bonds. The lowest BCUT2D eigenvalue weighted by Crippen LogP contribution is -2.43. The van der Waals surface area contributed by atoms with E-state index in [1.165, 1.54) is 4.57 Å². The minimum Gasteiger partial charge on any atom is -0.303 e. The molecule has 9 heteroatoms. The van der Waals surface area contributed by atoms with Gasteiger partial charge in [0, 0.05) is 29.7 Å². The first-order valence-electron chi connectivity index (χ1n) is 7.10. The SMILES string of the molecule is Cc1cc(C)n(CC(=O)NNC(=O)CCn2c(C)csc2=O)n1. The zero-order valence-electron chi connectivity index (χ0n) is 13.3. The van der Waals surface area contributed by atoms with Crippen molar-refractivity contribution >= 4 is 23.2 Å². The monoisotopic (exact) mass is 337 g/mol. The molecule has 0 aromatic carbocycles. The van der Waals surface area contributed by atoms with Crippen molar-refractivity contribution in [2.45, 2.75) is 40.3 Å². The predicted molar refractivity (Wildman–Crippen MR) is 85.9 cm³/mol. The van der Waals surface area contributed by atoms with Crippen LogP contribution in [0.25, 0.3) is 0 Å². The van der Waals surface area contributed by atoms with Crippen LogP contribution >= 0.6 is 11.3 Å². The Labute approximate surface area is 137 Å². The largest absolute Gasteiger partial charge is 0.307 e. The maximum absolute atomic E-state index is 11.8. The number of rotatable bonds is 5. The smallest absolute Gasteiger partial charge is 0.303 e. The predicted octanol–water partition coefficient (Wildman–Crippen LogP) is 0.269. The lowest BCUT2D eigenvalue weighted by Gasteiger charge is -2.09. The van der Waals surface area contributed by atoms with E-state index in [4.69, 9.17) is 0 Å². The zero-order valence-corrected chi connectivity index (χ0v) is 14.1. The Bertz CT molecular complexity index is 774. The summed E-state index contributed by atoms with van der Waals surface area (Å²) in [4.78, 5) is 34.9. The molecule has 124 valence electrons. The number of aryl methyl sites for hydroxylation is 3. The molecular formula is C14H19N5O3S. The number of amides is 2. The molecule has 0 aliphatic carbocycles. The summed E-state index contributed by atoms with van der Waals surface area (Å²) in [6.07, 6.45) is 0.109. The first-order chi connectivity index (χ1) is 10.9. The van der Waals surface area contributed by atoms with E-state index in [9.17, 15) is 14.4 Å². The first-order valence-corrected chi connectivity index (χ1v) is 7.98. The van der Waals surface area contributed by atoms with Crippen molar-refractivity contribution < 1.29 is 9.59 Å². The fraction of sp³-hybridized carbons (Fsp3) is 0.429. The number of nitrogens with zero attached hydrogens (tertiary/aromatic N) is 3. The quantitative estimate of drug-likeness (QED) is 0.765. The van der Waals surface area contributed by atoms with Crippen LogP contribution in [0.15, 0.2) is 16.2 Å². The van der Waals surface area contributed by atoms with Crippen molar-refractivity contribution in [1.29, 1.82) is 0 Å². The van der Waals surface area contributed by atoms with Crippen LogP contribution in [0.3, 0.4) is 0 Å². The highest BCUT2D eigenvalue weighted by atomic mass is 32.1. The van der Waals surface area contributed by atoms with E-state index in [-0.39, 0.29) is 36.2 Å². The van der Waals surface area contributed by atoms with Gasteiger partial charge in [-0.05, 0) is 26.8 Å². The van der Waals surface area contributed by atoms with E-state index in [0.717, 1.165) is 28.4 Å². The van der Waals surface area contributed by atoms with Crippen molar-refractivity contribution in [2.75, 3.05) is 0 Å². The van der Waals surface area contributed by atoms with Gasteiger partial charge in [-0.25, -0.2) is 0 Å². The topological polar surface area (TPSA) is 98.0 Å². The molecule has 2 rings (SSSR count). The first kappa shape index (κ1) is 16.9. The lowest BCUT2D eigenvalue weighted by atomic mass is 10.4. The fourth-order valence-corrected chi connectivity index (χ4v) is 2.86. The minimum atomic E-state index is -0.367.